The van der Waals surface area contributed by atoms with E-state index in [0.29, 0.717) is 43.2 Å². The van der Waals surface area contributed by atoms with E-state index in [1.807, 2.05) is 18.2 Å². The van der Waals surface area contributed by atoms with E-state index in [1.54, 1.807) is 0 Å². The van der Waals surface area contributed by atoms with Gasteiger partial charge >= 0.3 is 11.9 Å². The molecule has 12 rings (SSSR count). The highest BCUT2D eigenvalue weighted by Gasteiger charge is 2.73. The molecular formula is C86H129BrO8. The molecule has 0 aliphatic heterocycles. The first kappa shape index (κ1) is 74.3. The summed E-state index contributed by atoms with van der Waals surface area (Å²) in [4.78, 5) is 56.4. The molecule has 0 saturated heterocycles. The summed E-state index contributed by atoms with van der Waals surface area (Å²) in [5, 5.41) is 11.9. The van der Waals surface area contributed by atoms with E-state index in [9.17, 15) is 24.3 Å². The van der Waals surface area contributed by atoms with Crippen molar-refractivity contribution in [2.24, 2.45) is 100 Å². The van der Waals surface area contributed by atoms with Gasteiger partial charge in [-0.1, -0.05) is 223 Å². The fraction of sp³-hybridized carbons (Fsp3) is 0.767. The highest BCUT2D eigenvalue weighted by Crippen LogP contribution is 2.78. The van der Waals surface area contributed by atoms with Crippen LogP contribution in [-0.4, -0.2) is 54.0 Å². The standard InChI is InChI=1S/C43H64O4.C36H58O4.C7H7Br/c1-9-10-11-15-26-46-37(45)40(5)23-22-39(4)24-25-42(7)31(32(39)28-40)27-33(44)36-41(6)20-19-35(47-29-30-16-13-12-14-17-30)38(2,3)34(41)18-21-43(36,42)8;1-9-10-11-12-21-40-30(39)33(5)18-17-32(4)19-20-35(7)24(25(32)23-33)22-26(37)29-34(6)15-14-28(38)31(2,3)27(34)13-16-36(29,35)8;8-6-7-4-2-1-3-5-7/h12-14,16-17,27,32,34-36H,9-11,15,18-26,28-29H2,1-8H3;22,25,27-29,38H,9-21,23H2,1-8H3;1-5H,6H2/t32-,34+,35+,36-,39-,40+,41+,42-,43-;25-,27+,28+,29-,32-,33+,34+,35-,36-;/m11./s1. The Bertz CT molecular complexity index is 3130. The Morgan fingerprint density at radius 2 is 0.895 bits per heavy atom. The maximum atomic E-state index is 14.8. The number of esters is 2. The Hall–Kier alpha value is -3.40. The van der Waals surface area contributed by atoms with Crippen molar-refractivity contribution in [3.05, 3.63) is 95.1 Å². The number of hydrogen-bond donors (Lipinski definition) is 1. The van der Waals surface area contributed by atoms with Crippen molar-refractivity contribution in [3.8, 4) is 0 Å². The lowest BCUT2D eigenvalue weighted by molar-refractivity contribution is -0.211. The fourth-order valence-electron chi connectivity index (χ4n) is 24.1. The first-order valence-corrected chi connectivity index (χ1v) is 39.6. The monoisotopic (exact) mass is 1370 g/mol. The largest absolute Gasteiger partial charge is 0.465 e. The lowest BCUT2D eigenvalue weighted by Gasteiger charge is -2.70. The number of alkyl halides is 1. The Kier molecular flexibility index (Phi) is 21.8. The molecule has 2 aromatic rings. The van der Waals surface area contributed by atoms with Crippen LogP contribution in [0.4, 0.5) is 0 Å². The number of ketones is 2. The summed E-state index contributed by atoms with van der Waals surface area (Å²) in [5.74, 6) is 1.93. The zero-order valence-electron chi connectivity index (χ0n) is 62.4. The number of aliphatic hydroxyl groups excluding tert-OH is 1. The minimum absolute atomic E-state index is 0.00769. The number of benzene rings is 2. The predicted molar refractivity (Wildman–Crippen MR) is 389 cm³/mol. The normalized spacial score (nSPS) is 41.8. The van der Waals surface area contributed by atoms with Gasteiger partial charge in [-0.3, -0.25) is 19.2 Å². The number of hydrogen-bond acceptors (Lipinski definition) is 8. The van der Waals surface area contributed by atoms with Gasteiger partial charge in [-0.05, 0) is 243 Å². The third-order valence-corrected chi connectivity index (χ3v) is 31.5. The van der Waals surface area contributed by atoms with Gasteiger partial charge in [0.05, 0.1) is 42.9 Å². The number of carbonyl (C=O) groups excluding carboxylic acids is 4. The quantitative estimate of drug-likeness (QED) is 0.100. The highest BCUT2D eigenvalue weighted by atomic mass is 79.9. The van der Waals surface area contributed by atoms with Crippen molar-refractivity contribution in [1.82, 2.24) is 0 Å². The number of unbranched alkanes of at least 4 members (excludes halogenated alkanes) is 6. The molecule has 0 radical (unpaired) electrons. The van der Waals surface area contributed by atoms with Crippen LogP contribution in [0.5, 0.6) is 0 Å². The van der Waals surface area contributed by atoms with Crippen LogP contribution in [0.15, 0.2) is 84.0 Å². The number of ether oxygens (including phenoxy) is 3. The van der Waals surface area contributed by atoms with Gasteiger partial charge in [0.2, 0.25) is 0 Å². The van der Waals surface area contributed by atoms with Crippen LogP contribution in [0.1, 0.15) is 289 Å². The van der Waals surface area contributed by atoms with Crippen LogP contribution in [-0.2, 0) is 45.3 Å². The molecule has 1 N–H and O–H groups in total. The maximum absolute atomic E-state index is 14.8. The third-order valence-electron chi connectivity index (χ3n) is 30.8. The van der Waals surface area contributed by atoms with Crippen molar-refractivity contribution < 1.29 is 38.5 Å². The second-order valence-corrected chi connectivity index (χ2v) is 37.6. The molecule has 10 aliphatic rings. The maximum Gasteiger partial charge on any atom is 0.311 e. The third kappa shape index (κ3) is 13.0. The molecule has 0 amide bonds. The number of fused-ring (bicyclic) bond motifs is 14. The summed E-state index contributed by atoms with van der Waals surface area (Å²) in [6.45, 7) is 39.3. The van der Waals surface area contributed by atoms with Gasteiger partial charge in [-0.2, -0.15) is 0 Å². The van der Waals surface area contributed by atoms with Crippen LogP contribution in [0.25, 0.3) is 0 Å². The lowest BCUT2D eigenvalue weighted by atomic mass is 9.33. The molecule has 8 nitrogen and oxygen atoms in total. The van der Waals surface area contributed by atoms with Crippen molar-refractivity contribution in [1.29, 1.82) is 0 Å². The van der Waals surface area contributed by atoms with E-state index in [1.165, 1.54) is 54.4 Å². The molecule has 0 heterocycles. The number of carbonyl (C=O) groups is 4. The molecule has 0 bridgehead atoms. The average molecular weight is 1370 g/mol. The van der Waals surface area contributed by atoms with Crippen molar-refractivity contribution >= 4 is 39.4 Å². The Morgan fingerprint density at radius 1 is 0.484 bits per heavy atom. The minimum Gasteiger partial charge on any atom is -0.465 e. The van der Waals surface area contributed by atoms with Crippen LogP contribution >= 0.6 is 15.9 Å². The summed E-state index contributed by atoms with van der Waals surface area (Å²) in [6, 6.07) is 20.8. The van der Waals surface area contributed by atoms with Gasteiger partial charge in [-0.25, -0.2) is 0 Å². The Balaban J connectivity index is 0.000000187. The number of allylic oxidation sites excluding steroid dienone is 4. The van der Waals surface area contributed by atoms with E-state index in [2.05, 4.69) is 181 Å². The smallest absolute Gasteiger partial charge is 0.311 e. The van der Waals surface area contributed by atoms with E-state index in [-0.39, 0.29) is 102 Å². The zero-order chi connectivity index (χ0) is 69.1. The molecule has 0 aromatic heterocycles. The molecule has 18 atom stereocenters. The molecule has 9 heteroatoms. The van der Waals surface area contributed by atoms with Crippen LogP contribution in [0, 0.1) is 100 Å². The Morgan fingerprint density at radius 3 is 1.32 bits per heavy atom. The molecule has 0 spiro atoms. The van der Waals surface area contributed by atoms with Gasteiger partial charge in [-0.15, -0.1) is 0 Å². The minimum atomic E-state index is -0.485. The molecule has 0 unspecified atom stereocenters. The van der Waals surface area contributed by atoms with Crippen molar-refractivity contribution in [2.75, 3.05) is 13.2 Å². The Labute approximate surface area is 585 Å². The van der Waals surface area contributed by atoms with E-state index in [0.717, 1.165) is 140 Å². The van der Waals surface area contributed by atoms with Gasteiger partial charge in [0.25, 0.3) is 0 Å². The summed E-state index contributed by atoms with van der Waals surface area (Å²) in [5.41, 5.74) is 3.93. The molecule has 8 fully saturated rings. The topological polar surface area (TPSA) is 116 Å². The first-order valence-electron chi connectivity index (χ1n) is 38.5. The van der Waals surface area contributed by atoms with Crippen molar-refractivity contribution in [3.63, 3.8) is 0 Å². The molecule has 528 valence electrons. The number of aliphatic hydroxyl groups is 1. The summed E-state index contributed by atoms with van der Waals surface area (Å²) in [6.07, 6.45) is 31.1. The molecule has 10 aliphatic carbocycles. The van der Waals surface area contributed by atoms with Crippen molar-refractivity contribution in [2.45, 2.75) is 302 Å². The molecule has 95 heavy (non-hydrogen) atoms. The van der Waals surface area contributed by atoms with E-state index in [4.69, 9.17) is 14.2 Å². The average Bonchev–Trinajstić information content (AvgIpc) is 0.680. The van der Waals surface area contributed by atoms with E-state index < -0.39 is 10.8 Å². The summed E-state index contributed by atoms with van der Waals surface area (Å²) in [7, 11) is 0. The zero-order valence-corrected chi connectivity index (χ0v) is 64.0. The van der Waals surface area contributed by atoms with Crippen LogP contribution in [0.3, 0.4) is 0 Å². The lowest BCUT2D eigenvalue weighted by Crippen LogP contribution is -2.66. The molecule has 8 saturated carbocycles. The second-order valence-electron chi connectivity index (χ2n) is 37.0. The predicted octanol–water partition coefficient (Wildman–Crippen LogP) is 21.7. The van der Waals surface area contributed by atoms with Gasteiger partial charge in [0.15, 0.2) is 11.6 Å². The van der Waals surface area contributed by atoms with E-state index >= 15 is 0 Å². The summed E-state index contributed by atoms with van der Waals surface area (Å²) >= 11 is 3.36. The summed E-state index contributed by atoms with van der Waals surface area (Å²) < 4.78 is 18.5. The van der Waals surface area contributed by atoms with Crippen LogP contribution in [0.2, 0.25) is 0 Å². The number of halogens is 1. The second kappa shape index (κ2) is 27.9. The van der Waals surface area contributed by atoms with Crippen LogP contribution < -0.4 is 0 Å². The van der Waals surface area contributed by atoms with Gasteiger partial charge in [0.1, 0.15) is 0 Å². The van der Waals surface area contributed by atoms with Gasteiger partial charge in [0, 0.05) is 17.2 Å². The highest BCUT2D eigenvalue weighted by molar-refractivity contribution is 9.08. The fourth-order valence-corrected chi connectivity index (χ4v) is 24.4. The van der Waals surface area contributed by atoms with Gasteiger partial charge < -0.3 is 19.3 Å². The first-order chi connectivity index (χ1) is 44.7. The molecule has 2 aromatic carbocycles. The number of rotatable bonds is 16. The molecular weight excluding hydrogens is 1240 g/mol. The SMILES string of the molecule is BrCc1ccccc1.CCCCCCOC(=O)[C@@]1(C)CC[C@]2(C)CC[C@]3(C)C(=CC(=O)[C@@H]4[C@@]5(C)CC[C@H](O)C(C)(C)[C@@H]5CC[C@]43C)[C@H]2C1.CCCCCCOC(=O)[C@@]1(C)CC[C@]2(C)CC[C@]3(C)C(=CC(=O)[C@@H]4[C@@]5(C)CC[C@H](OCc6ccccc6)C(C)(C)[C@@H]5CC[C@]43C)[C@H]2C1.